The van der Waals surface area contributed by atoms with Crippen LogP contribution in [0.2, 0.25) is 0 Å². The Labute approximate surface area is 161 Å². The standard InChI is InChI=1S/C20H26N2O4S/c1-12-7-8-18(26-6)17(9-12)15(4)22-20(23)16-10-13(2)14(3)19(11-16)27(24,25)21-5/h7-11,15,21H,1-6H3,(H,22,23). The van der Waals surface area contributed by atoms with Gasteiger partial charge in [0.25, 0.3) is 5.91 Å². The van der Waals surface area contributed by atoms with Crippen molar-refractivity contribution in [3.8, 4) is 5.75 Å². The SMILES string of the molecule is CNS(=O)(=O)c1cc(C(=O)NC(C)c2cc(C)ccc2OC)cc(C)c1C. The van der Waals surface area contributed by atoms with Gasteiger partial charge in [0.05, 0.1) is 18.0 Å². The first-order valence-electron chi connectivity index (χ1n) is 8.61. The molecule has 2 aromatic carbocycles. The molecular formula is C20H26N2O4S. The lowest BCUT2D eigenvalue weighted by atomic mass is 10.0. The van der Waals surface area contributed by atoms with E-state index in [1.54, 1.807) is 27.0 Å². The maximum absolute atomic E-state index is 12.8. The number of carbonyl (C=O) groups is 1. The van der Waals surface area contributed by atoms with Crippen molar-refractivity contribution in [2.75, 3.05) is 14.2 Å². The van der Waals surface area contributed by atoms with Crippen LogP contribution in [0.5, 0.6) is 5.75 Å². The normalized spacial score (nSPS) is 12.5. The van der Waals surface area contributed by atoms with Crippen LogP contribution in [0.25, 0.3) is 0 Å². The molecule has 0 aliphatic rings. The van der Waals surface area contributed by atoms with Crippen LogP contribution in [0.15, 0.2) is 35.2 Å². The second-order valence-electron chi connectivity index (χ2n) is 6.56. The number of hydrogen-bond acceptors (Lipinski definition) is 4. The monoisotopic (exact) mass is 390 g/mol. The molecule has 0 fully saturated rings. The van der Waals surface area contributed by atoms with Gasteiger partial charge in [0, 0.05) is 11.1 Å². The van der Waals surface area contributed by atoms with Crippen LogP contribution in [0.4, 0.5) is 0 Å². The van der Waals surface area contributed by atoms with E-state index in [-0.39, 0.29) is 16.8 Å². The van der Waals surface area contributed by atoms with Crippen molar-refractivity contribution in [3.63, 3.8) is 0 Å². The maximum Gasteiger partial charge on any atom is 0.251 e. The van der Waals surface area contributed by atoms with Gasteiger partial charge in [0.1, 0.15) is 5.75 Å². The van der Waals surface area contributed by atoms with Gasteiger partial charge in [-0.05, 0) is 64.1 Å². The van der Waals surface area contributed by atoms with Crippen LogP contribution in [-0.2, 0) is 10.0 Å². The largest absolute Gasteiger partial charge is 0.496 e. The summed E-state index contributed by atoms with van der Waals surface area (Å²) in [6.45, 7) is 7.34. The summed E-state index contributed by atoms with van der Waals surface area (Å²) in [5, 5.41) is 2.92. The number of rotatable bonds is 6. The van der Waals surface area contributed by atoms with E-state index >= 15 is 0 Å². The summed E-state index contributed by atoms with van der Waals surface area (Å²) >= 11 is 0. The Balaban J connectivity index is 2.38. The molecule has 146 valence electrons. The first kappa shape index (κ1) is 20.9. The lowest BCUT2D eigenvalue weighted by Gasteiger charge is -2.19. The number of carbonyl (C=O) groups excluding carboxylic acids is 1. The summed E-state index contributed by atoms with van der Waals surface area (Å²) in [5.74, 6) is 0.341. The van der Waals surface area contributed by atoms with Crippen molar-refractivity contribution in [1.29, 1.82) is 0 Å². The molecule has 6 nitrogen and oxygen atoms in total. The fraction of sp³-hybridized carbons (Fsp3) is 0.350. The maximum atomic E-state index is 12.8. The van der Waals surface area contributed by atoms with Crippen LogP contribution in [0.1, 0.15) is 45.6 Å². The molecule has 1 atom stereocenters. The van der Waals surface area contributed by atoms with Gasteiger partial charge in [0.15, 0.2) is 0 Å². The summed E-state index contributed by atoms with van der Waals surface area (Å²) in [4.78, 5) is 12.9. The molecule has 0 aliphatic carbocycles. The van der Waals surface area contributed by atoms with Gasteiger partial charge in [-0.3, -0.25) is 4.79 Å². The van der Waals surface area contributed by atoms with Crippen molar-refractivity contribution >= 4 is 15.9 Å². The van der Waals surface area contributed by atoms with Crippen molar-refractivity contribution in [1.82, 2.24) is 10.0 Å². The molecule has 0 aliphatic heterocycles. The molecule has 1 amide bonds. The molecule has 0 bridgehead atoms. The number of sulfonamides is 1. The van der Waals surface area contributed by atoms with Gasteiger partial charge >= 0.3 is 0 Å². The number of amides is 1. The molecular weight excluding hydrogens is 364 g/mol. The molecule has 2 aromatic rings. The lowest BCUT2D eigenvalue weighted by Crippen LogP contribution is -2.28. The van der Waals surface area contributed by atoms with E-state index < -0.39 is 10.0 Å². The fourth-order valence-electron chi connectivity index (χ4n) is 2.90. The molecule has 27 heavy (non-hydrogen) atoms. The highest BCUT2D eigenvalue weighted by Gasteiger charge is 2.21. The second kappa shape index (κ2) is 8.10. The zero-order chi connectivity index (χ0) is 20.4. The Morgan fingerprint density at radius 3 is 2.37 bits per heavy atom. The average molecular weight is 391 g/mol. The molecule has 0 spiro atoms. The van der Waals surface area contributed by atoms with Crippen molar-refractivity contribution in [2.45, 2.75) is 38.6 Å². The molecule has 0 heterocycles. The van der Waals surface area contributed by atoms with Crippen LogP contribution < -0.4 is 14.8 Å². The minimum atomic E-state index is -3.65. The summed E-state index contributed by atoms with van der Waals surface area (Å²) in [6, 6.07) is 8.55. The highest BCUT2D eigenvalue weighted by Crippen LogP contribution is 2.27. The summed E-state index contributed by atoms with van der Waals surface area (Å²) in [5.41, 5.74) is 3.56. The molecule has 0 aromatic heterocycles. The highest BCUT2D eigenvalue weighted by atomic mass is 32.2. The molecule has 0 saturated carbocycles. The zero-order valence-electron chi connectivity index (χ0n) is 16.5. The van der Waals surface area contributed by atoms with Crippen molar-refractivity contribution in [2.24, 2.45) is 0 Å². The molecule has 0 radical (unpaired) electrons. The topological polar surface area (TPSA) is 84.5 Å². The third-order valence-electron chi connectivity index (χ3n) is 4.64. The average Bonchev–Trinajstić information content (AvgIpc) is 2.63. The van der Waals surface area contributed by atoms with Crippen LogP contribution in [-0.4, -0.2) is 28.5 Å². The first-order chi connectivity index (χ1) is 12.6. The zero-order valence-corrected chi connectivity index (χ0v) is 17.3. The Morgan fingerprint density at radius 1 is 1.11 bits per heavy atom. The second-order valence-corrected chi connectivity index (χ2v) is 8.42. The van der Waals surface area contributed by atoms with Gasteiger partial charge in [-0.2, -0.15) is 0 Å². The van der Waals surface area contributed by atoms with Crippen molar-refractivity contribution < 1.29 is 17.9 Å². The molecule has 2 rings (SSSR count). The predicted octanol–water partition coefficient (Wildman–Crippen LogP) is 3.02. The number of hydrogen-bond donors (Lipinski definition) is 2. The Morgan fingerprint density at radius 2 is 1.78 bits per heavy atom. The van der Waals surface area contributed by atoms with Gasteiger partial charge in [0.2, 0.25) is 10.0 Å². The number of nitrogens with one attached hydrogen (secondary N) is 2. The minimum Gasteiger partial charge on any atom is -0.496 e. The summed E-state index contributed by atoms with van der Waals surface area (Å²) < 4.78 is 32.2. The lowest BCUT2D eigenvalue weighted by molar-refractivity contribution is 0.0939. The Kier molecular flexibility index (Phi) is 6.28. The summed E-state index contributed by atoms with van der Waals surface area (Å²) in [6.07, 6.45) is 0. The van der Waals surface area contributed by atoms with E-state index in [2.05, 4.69) is 10.0 Å². The van der Waals surface area contributed by atoms with Crippen LogP contribution >= 0.6 is 0 Å². The fourth-order valence-corrected chi connectivity index (χ4v) is 3.96. The molecule has 2 N–H and O–H groups in total. The number of aryl methyl sites for hydroxylation is 2. The smallest absolute Gasteiger partial charge is 0.251 e. The quantitative estimate of drug-likeness (QED) is 0.794. The number of methoxy groups -OCH3 is 1. The van der Waals surface area contributed by atoms with Crippen molar-refractivity contribution in [3.05, 3.63) is 58.1 Å². The van der Waals surface area contributed by atoms with Gasteiger partial charge in [-0.1, -0.05) is 17.7 Å². The third-order valence-corrected chi connectivity index (χ3v) is 6.18. The van der Waals surface area contributed by atoms with Crippen LogP contribution in [0, 0.1) is 20.8 Å². The van der Waals surface area contributed by atoms with E-state index in [4.69, 9.17) is 4.74 Å². The van der Waals surface area contributed by atoms with Gasteiger partial charge in [-0.15, -0.1) is 0 Å². The first-order valence-corrected chi connectivity index (χ1v) is 10.1. The van der Waals surface area contributed by atoms with Gasteiger partial charge in [-0.25, -0.2) is 13.1 Å². The van der Waals surface area contributed by atoms with E-state index in [0.29, 0.717) is 16.9 Å². The van der Waals surface area contributed by atoms with Gasteiger partial charge < -0.3 is 10.1 Å². The summed E-state index contributed by atoms with van der Waals surface area (Å²) in [7, 11) is -0.720. The third kappa shape index (κ3) is 4.48. The Hall–Kier alpha value is -2.38. The van der Waals surface area contributed by atoms with E-state index in [0.717, 1.165) is 16.7 Å². The number of ether oxygens (including phenoxy) is 1. The van der Waals surface area contributed by atoms with Crippen LogP contribution in [0.3, 0.4) is 0 Å². The molecule has 0 saturated heterocycles. The molecule has 7 heteroatoms. The Bertz CT molecular complexity index is 968. The molecule has 1 unspecified atom stereocenters. The number of benzene rings is 2. The van der Waals surface area contributed by atoms with E-state index in [1.807, 2.05) is 32.0 Å². The predicted molar refractivity (Wildman–Crippen MR) is 106 cm³/mol. The minimum absolute atomic E-state index is 0.107. The van der Waals surface area contributed by atoms with E-state index in [1.165, 1.54) is 13.1 Å². The highest BCUT2D eigenvalue weighted by molar-refractivity contribution is 7.89. The van der Waals surface area contributed by atoms with E-state index in [9.17, 15) is 13.2 Å².